The van der Waals surface area contributed by atoms with Crippen molar-refractivity contribution in [1.29, 1.82) is 0 Å². The highest BCUT2D eigenvalue weighted by molar-refractivity contribution is 5.11. The standard InChI is InChI=1S/C16H24F3N3O/c17-16(18,19)15(22-9-11-23-12-10-22)5-8-21-7-2-4-14(21)13-3-1-6-20-13/h1,3,6,14-15,20H,2,4-5,7-12H2. The van der Waals surface area contributed by atoms with E-state index in [-0.39, 0.29) is 12.5 Å². The zero-order valence-corrected chi connectivity index (χ0v) is 13.2. The van der Waals surface area contributed by atoms with Crippen LogP contribution >= 0.6 is 0 Å². The summed E-state index contributed by atoms with van der Waals surface area (Å²) in [5.41, 5.74) is 1.11. The minimum atomic E-state index is -4.18. The monoisotopic (exact) mass is 331 g/mol. The zero-order chi connectivity index (χ0) is 16.3. The first-order valence-corrected chi connectivity index (χ1v) is 8.31. The number of nitrogens with zero attached hydrogens (tertiary/aromatic N) is 2. The number of aromatic nitrogens is 1. The molecule has 4 nitrogen and oxygen atoms in total. The number of likely N-dealkylation sites (tertiary alicyclic amines) is 1. The van der Waals surface area contributed by atoms with Crippen molar-refractivity contribution >= 4 is 0 Å². The van der Waals surface area contributed by atoms with E-state index in [2.05, 4.69) is 9.88 Å². The fraction of sp³-hybridized carbons (Fsp3) is 0.750. The summed E-state index contributed by atoms with van der Waals surface area (Å²) in [6, 6.07) is 2.82. The highest BCUT2D eigenvalue weighted by Crippen LogP contribution is 2.33. The van der Waals surface area contributed by atoms with Crippen molar-refractivity contribution in [2.45, 2.75) is 37.5 Å². The summed E-state index contributed by atoms with van der Waals surface area (Å²) in [4.78, 5) is 6.92. The van der Waals surface area contributed by atoms with Crippen LogP contribution in [0.5, 0.6) is 0 Å². The maximum Gasteiger partial charge on any atom is 0.404 e. The van der Waals surface area contributed by atoms with Crippen molar-refractivity contribution in [3.63, 3.8) is 0 Å². The van der Waals surface area contributed by atoms with Gasteiger partial charge in [-0.25, -0.2) is 0 Å². The van der Waals surface area contributed by atoms with Gasteiger partial charge in [0.1, 0.15) is 6.04 Å². The predicted molar refractivity (Wildman–Crippen MR) is 81.2 cm³/mol. The van der Waals surface area contributed by atoms with E-state index in [0.717, 1.165) is 25.1 Å². The molecule has 2 saturated heterocycles. The summed E-state index contributed by atoms with van der Waals surface area (Å²) in [7, 11) is 0. The number of nitrogens with one attached hydrogen (secondary N) is 1. The van der Waals surface area contributed by atoms with Gasteiger partial charge >= 0.3 is 6.18 Å². The maximum absolute atomic E-state index is 13.4. The Morgan fingerprint density at radius 2 is 2.04 bits per heavy atom. The van der Waals surface area contributed by atoms with Crippen molar-refractivity contribution < 1.29 is 17.9 Å². The summed E-state index contributed by atoms with van der Waals surface area (Å²) in [5.74, 6) is 0. The number of rotatable bonds is 5. The molecule has 2 fully saturated rings. The predicted octanol–water partition coefficient (Wildman–Crippen LogP) is 2.80. The number of aromatic amines is 1. The van der Waals surface area contributed by atoms with Crippen LogP contribution in [0.15, 0.2) is 18.3 Å². The summed E-state index contributed by atoms with van der Waals surface area (Å²) < 4.78 is 45.5. The Morgan fingerprint density at radius 3 is 2.70 bits per heavy atom. The van der Waals surface area contributed by atoms with Crippen molar-refractivity contribution in [1.82, 2.24) is 14.8 Å². The number of halogens is 3. The second-order valence-corrected chi connectivity index (χ2v) is 6.31. The Kier molecular flexibility index (Phi) is 5.28. The Labute approximate surface area is 134 Å². The Balaban J connectivity index is 1.61. The molecule has 130 valence electrons. The molecular formula is C16H24F3N3O. The lowest BCUT2D eigenvalue weighted by Gasteiger charge is -2.36. The Morgan fingerprint density at radius 1 is 1.26 bits per heavy atom. The number of alkyl halides is 3. The number of morpholine rings is 1. The summed E-state index contributed by atoms with van der Waals surface area (Å²) in [6.45, 7) is 2.86. The molecule has 0 aliphatic carbocycles. The van der Waals surface area contributed by atoms with Crippen LogP contribution in [0.25, 0.3) is 0 Å². The molecular weight excluding hydrogens is 307 g/mol. The minimum absolute atomic E-state index is 0.126. The van der Waals surface area contributed by atoms with E-state index < -0.39 is 12.2 Å². The molecule has 0 amide bonds. The molecule has 0 bridgehead atoms. The minimum Gasteiger partial charge on any atom is -0.379 e. The second kappa shape index (κ2) is 7.23. The van der Waals surface area contributed by atoms with Crippen LogP contribution in [-0.2, 0) is 4.74 Å². The molecule has 3 rings (SSSR count). The van der Waals surface area contributed by atoms with Gasteiger partial charge < -0.3 is 9.72 Å². The fourth-order valence-electron chi connectivity index (χ4n) is 3.73. The van der Waals surface area contributed by atoms with E-state index in [1.807, 2.05) is 18.3 Å². The van der Waals surface area contributed by atoms with Gasteiger partial charge in [-0.15, -0.1) is 0 Å². The maximum atomic E-state index is 13.4. The molecule has 1 aromatic heterocycles. The summed E-state index contributed by atoms with van der Waals surface area (Å²) in [6.07, 6.45) is -0.134. The molecule has 0 aromatic carbocycles. The topological polar surface area (TPSA) is 31.5 Å². The van der Waals surface area contributed by atoms with Gasteiger partial charge in [-0.1, -0.05) is 0 Å². The largest absolute Gasteiger partial charge is 0.404 e. The van der Waals surface area contributed by atoms with Gasteiger partial charge in [-0.3, -0.25) is 9.80 Å². The van der Waals surface area contributed by atoms with Crippen LogP contribution in [0.4, 0.5) is 13.2 Å². The highest BCUT2D eigenvalue weighted by atomic mass is 19.4. The van der Waals surface area contributed by atoms with Gasteiger partial charge in [0.15, 0.2) is 0 Å². The third-order valence-electron chi connectivity index (χ3n) is 4.90. The molecule has 7 heteroatoms. The normalized spacial score (nSPS) is 25.8. The summed E-state index contributed by atoms with van der Waals surface area (Å²) in [5, 5.41) is 0. The van der Waals surface area contributed by atoms with Crippen LogP contribution in [0, 0.1) is 0 Å². The van der Waals surface area contributed by atoms with Crippen LogP contribution in [0.1, 0.15) is 31.0 Å². The van der Waals surface area contributed by atoms with Crippen LogP contribution < -0.4 is 0 Å². The van der Waals surface area contributed by atoms with E-state index in [9.17, 15) is 13.2 Å². The van der Waals surface area contributed by atoms with E-state index in [4.69, 9.17) is 4.74 Å². The molecule has 0 saturated carbocycles. The number of H-pyrrole nitrogens is 1. The number of hydrogen-bond donors (Lipinski definition) is 1. The smallest absolute Gasteiger partial charge is 0.379 e. The molecule has 2 atom stereocenters. The van der Waals surface area contributed by atoms with Crippen LogP contribution in [0.3, 0.4) is 0 Å². The molecule has 1 N–H and O–H groups in total. The fourth-order valence-corrected chi connectivity index (χ4v) is 3.73. The van der Waals surface area contributed by atoms with Gasteiger partial charge in [-0.05, 0) is 37.9 Å². The van der Waals surface area contributed by atoms with Gasteiger partial charge in [0.25, 0.3) is 0 Å². The van der Waals surface area contributed by atoms with Crippen molar-refractivity contribution in [2.24, 2.45) is 0 Å². The molecule has 2 aliphatic rings. The van der Waals surface area contributed by atoms with Gasteiger partial charge in [0.2, 0.25) is 0 Å². The molecule has 3 heterocycles. The molecule has 0 radical (unpaired) electrons. The average Bonchev–Trinajstić information content (AvgIpc) is 3.18. The first-order chi connectivity index (χ1) is 11.1. The van der Waals surface area contributed by atoms with Crippen LogP contribution in [-0.4, -0.2) is 66.4 Å². The van der Waals surface area contributed by atoms with Crippen molar-refractivity contribution in [3.05, 3.63) is 24.0 Å². The van der Waals surface area contributed by atoms with Gasteiger partial charge in [-0.2, -0.15) is 13.2 Å². The first kappa shape index (κ1) is 16.8. The SMILES string of the molecule is FC(F)(F)C(CCN1CCCC1c1ccc[nH]1)N1CCOCC1. The number of hydrogen-bond acceptors (Lipinski definition) is 3. The second-order valence-electron chi connectivity index (χ2n) is 6.31. The molecule has 23 heavy (non-hydrogen) atoms. The lowest BCUT2D eigenvalue weighted by molar-refractivity contribution is -0.194. The van der Waals surface area contributed by atoms with E-state index in [0.29, 0.717) is 32.8 Å². The van der Waals surface area contributed by atoms with E-state index in [1.165, 1.54) is 4.90 Å². The number of ether oxygens (including phenoxy) is 1. The van der Waals surface area contributed by atoms with Crippen molar-refractivity contribution in [2.75, 3.05) is 39.4 Å². The average molecular weight is 331 g/mol. The molecule has 1 aromatic rings. The first-order valence-electron chi connectivity index (χ1n) is 8.31. The third-order valence-corrected chi connectivity index (χ3v) is 4.90. The zero-order valence-electron chi connectivity index (χ0n) is 13.2. The summed E-state index contributed by atoms with van der Waals surface area (Å²) >= 11 is 0. The molecule has 0 spiro atoms. The quantitative estimate of drug-likeness (QED) is 0.900. The third kappa shape index (κ3) is 4.08. The Hall–Kier alpha value is -1.05. The van der Waals surface area contributed by atoms with E-state index >= 15 is 0 Å². The van der Waals surface area contributed by atoms with Gasteiger partial charge in [0, 0.05) is 37.6 Å². The van der Waals surface area contributed by atoms with Crippen molar-refractivity contribution in [3.8, 4) is 0 Å². The lowest BCUT2D eigenvalue weighted by atomic mass is 10.1. The lowest BCUT2D eigenvalue weighted by Crippen LogP contribution is -2.51. The van der Waals surface area contributed by atoms with Gasteiger partial charge in [0.05, 0.1) is 13.2 Å². The molecule has 2 unspecified atom stereocenters. The highest BCUT2D eigenvalue weighted by Gasteiger charge is 2.44. The van der Waals surface area contributed by atoms with Crippen LogP contribution in [0.2, 0.25) is 0 Å². The van der Waals surface area contributed by atoms with E-state index in [1.54, 1.807) is 0 Å². The Bertz CT molecular complexity index is 471. The molecule has 2 aliphatic heterocycles.